The van der Waals surface area contributed by atoms with Crippen LogP contribution in [-0.4, -0.2) is 10.9 Å². The lowest BCUT2D eigenvalue weighted by molar-refractivity contribution is 0.867. The second kappa shape index (κ2) is 6.52. The van der Waals surface area contributed by atoms with Crippen LogP contribution >= 0.6 is 11.3 Å². The predicted octanol–water partition coefficient (Wildman–Crippen LogP) is 3.50. The van der Waals surface area contributed by atoms with E-state index in [1.54, 1.807) is 11.3 Å². The first-order chi connectivity index (χ1) is 9.56. The van der Waals surface area contributed by atoms with E-state index in [4.69, 9.17) is 5.73 Å². The molecule has 2 rings (SSSR count). The van der Waals surface area contributed by atoms with Crippen molar-refractivity contribution in [2.24, 2.45) is 10.7 Å². The Kier molecular flexibility index (Phi) is 4.74. The van der Waals surface area contributed by atoms with Gasteiger partial charge in [0.1, 0.15) is 0 Å². The van der Waals surface area contributed by atoms with E-state index in [1.807, 2.05) is 24.6 Å². The molecule has 0 saturated heterocycles. The van der Waals surface area contributed by atoms with Crippen LogP contribution in [0.3, 0.4) is 0 Å². The average molecular weight is 288 g/mol. The first-order valence-corrected chi connectivity index (χ1v) is 7.50. The number of thiazole rings is 1. The standard InChI is InChI=1S/C15H20N4S/c1-10(2)12-5-4-6-13(7-12)19-15(16)17-8-14-11(3)18-9-20-14/h4-7,9-10H,8H2,1-3H3,(H3,16,17,19). The number of hydrogen-bond acceptors (Lipinski definition) is 3. The SMILES string of the molecule is Cc1ncsc1CN=C(N)Nc1cccc(C(C)C)c1. The van der Waals surface area contributed by atoms with Crippen molar-refractivity contribution in [2.75, 3.05) is 5.32 Å². The van der Waals surface area contributed by atoms with E-state index in [-0.39, 0.29) is 0 Å². The third kappa shape index (κ3) is 3.81. The lowest BCUT2D eigenvalue weighted by Crippen LogP contribution is -2.22. The highest BCUT2D eigenvalue weighted by Crippen LogP contribution is 2.18. The molecule has 0 amide bonds. The molecule has 1 heterocycles. The Hall–Kier alpha value is -1.88. The Morgan fingerprint density at radius 2 is 2.25 bits per heavy atom. The third-order valence-electron chi connectivity index (χ3n) is 3.06. The van der Waals surface area contributed by atoms with Crippen molar-refractivity contribution >= 4 is 23.0 Å². The summed E-state index contributed by atoms with van der Waals surface area (Å²) in [6, 6.07) is 8.24. The molecule has 2 aromatic rings. The molecule has 3 N–H and O–H groups in total. The quantitative estimate of drug-likeness (QED) is 0.668. The van der Waals surface area contributed by atoms with Gasteiger partial charge in [-0.1, -0.05) is 26.0 Å². The first-order valence-electron chi connectivity index (χ1n) is 6.62. The molecular formula is C15H20N4S. The summed E-state index contributed by atoms with van der Waals surface area (Å²) in [6.07, 6.45) is 0. The maximum atomic E-state index is 5.92. The van der Waals surface area contributed by atoms with Crippen LogP contribution < -0.4 is 11.1 Å². The zero-order chi connectivity index (χ0) is 14.5. The topological polar surface area (TPSA) is 63.3 Å². The van der Waals surface area contributed by atoms with Gasteiger partial charge in [0.15, 0.2) is 5.96 Å². The van der Waals surface area contributed by atoms with E-state index in [0.29, 0.717) is 18.4 Å². The average Bonchev–Trinajstić information content (AvgIpc) is 2.82. The molecule has 0 radical (unpaired) electrons. The number of benzene rings is 1. The summed E-state index contributed by atoms with van der Waals surface area (Å²) in [7, 11) is 0. The predicted molar refractivity (Wildman–Crippen MR) is 86.3 cm³/mol. The molecule has 0 aliphatic carbocycles. The van der Waals surface area contributed by atoms with Crippen molar-refractivity contribution < 1.29 is 0 Å². The number of hydrogen-bond donors (Lipinski definition) is 2. The van der Waals surface area contributed by atoms with Crippen molar-refractivity contribution in [3.8, 4) is 0 Å². The van der Waals surface area contributed by atoms with Crippen LogP contribution in [0, 0.1) is 6.92 Å². The molecule has 20 heavy (non-hydrogen) atoms. The summed E-state index contributed by atoms with van der Waals surface area (Å²) >= 11 is 1.60. The molecule has 0 spiro atoms. The molecule has 106 valence electrons. The van der Waals surface area contributed by atoms with Gasteiger partial charge in [-0.25, -0.2) is 9.98 Å². The van der Waals surface area contributed by atoms with E-state index < -0.39 is 0 Å². The maximum absolute atomic E-state index is 5.92. The molecule has 1 aromatic carbocycles. The van der Waals surface area contributed by atoms with Crippen LogP contribution in [0.5, 0.6) is 0 Å². The summed E-state index contributed by atoms with van der Waals surface area (Å²) in [6.45, 7) is 6.89. The largest absolute Gasteiger partial charge is 0.370 e. The van der Waals surface area contributed by atoms with Crippen molar-refractivity contribution in [1.29, 1.82) is 0 Å². The lowest BCUT2D eigenvalue weighted by atomic mass is 10.0. The second-order valence-corrected chi connectivity index (χ2v) is 5.91. The fraction of sp³-hybridized carbons (Fsp3) is 0.333. The summed E-state index contributed by atoms with van der Waals surface area (Å²) in [5, 5.41) is 3.13. The summed E-state index contributed by atoms with van der Waals surface area (Å²) < 4.78 is 0. The Bertz CT molecular complexity index is 601. The summed E-state index contributed by atoms with van der Waals surface area (Å²) in [4.78, 5) is 9.69. The number of aliphatic imine (C=N–C) groups is 1. The highest BCUT2D eigenvalue weighted by Gasteiger charge is 2.02. The zero-order valence-electron chi connectivity index (χ0n) is 12.1. The number of aryl methyl sites for hydroxylation is 1. The molecule has 0 aliphatic heterocycles. The molecule has 0 saturated carbocycles. The van der Waals surface area contributed by atoms with Gasteiger partial charge in [0.2, 0.25) is 0 Å². The Labute approximate surface area is 123 Å². The maximum Gasteiger partial charge on any atom is 0.193 e. The van der Waals surface area contributed by atoms with Crippen molar-refractivity contribution in [3.05, 3.63) is 45.9 Å². The van der Waals surface area contributed by atoms with Gasteiger partial charge >= 0.3 is 0 Å². The van der Waals surface area contributed by atoms with Gasteiger partial charge in [-0.3, -0.25) is 0 Å². The molecule has 0 fully saturated rings. The molecule has 0 bridgehead atoms. The van der Waals surface area contributed by atoms with Crippen molar-refractivity contribution in [3.63, 3.8) is 0 Å². The van der Waals surface area contributed by atoms with E-state index in [0.717, 1.165) is 16.3 Å². The highest BCUT2D eigenvalue weighted by molar-refractivity contribution is 7.09. The number of nitrogens with zero attached hydrogens (tertiary/aromatic N) is 2. The smallest absolute Gasteiger partial charge is 0.193 e. The number of rotatable bonds is 4. The second-order valence-electron chi connectivity index (χ2n) is 4.97. The van der Waals surface area contributed by atoms with Crippen LogP contribution in [0.1, 0.15) is 35.9 Å². The monoisotopic (exact) mass is 288 g/mol. The van der Waals surface area contributed by atoms with Crippen molar-refractivity contribution in [2.45, 2.75) is 33.2 Å². The van der Waals surface area contributed by atoms with Crippen LogP contribution in [-0.2, 0) is 6.54 Å². The number of nitrogens with one attached hydrogen (secondary N) is 1. The molecule has 0 atom stereocenters. The van der Waals surface area contributed by atoms with Crippen LogP contribution in [0.2, 0.25) is 0 Å². The Morgan fingerprint density at radius 1 is 1.45 bits per heavy atom. The number of guanidine groups is 1. The Morgan fingerprint density at radius 3 is 2.90 bits per heavy atom. The molecule has 0 unspecified atom stereocenters. The fourth-order valence-corrected chi connectivity index (χ4v) is 2.50. The molecule has 1 aromatic heterocycles. The molecule has 4 nitrogen and oxygen atoms in total. The van der Waals surface area contributed by atoms with Gasteiger partial charge in [-0.15, -0.1) is 11.3 Å². The molecular weight excluding hydrogens is 268 g/mol. The van der Waals surface area contributed by atoms with Gasteiger partial charge in [-0.2, -0.15) is 0 Å². The fourth-order valence-electron chi connectivity index (χ4n) is 1.80. The van der Waals surface area contributed by atoms with Gasteiger partial charge < -0.3 is 11.1 Å². The third-order valence-corrected chi connectivity index (χ3v) is 3.98. The minimum Gasteiger partial charge on any atom is -0.370 e. The van der Waals surface area contributed by atoms with Gasteiger partial charge in [0.05, 0.1) is 17.7 Å². The molecule has 0 aliphatic rings. The van der Waals surface area contributed by atoms with Crippen LogP contribution in [0.4, 0.5) is 5.69 Å². The van der Waals surface area contributed by atoms with Gasteiger partial charge in [0, 0.05) is 10.6 Å². The zero-order valence-corrected chi connectivity index (χ0v) is 12.9. The van der Waals surface area contributed by atoms with E-state index >= 15 is 0 Å². The van der Waals surface area contributed by atoms with Crippen molar-refractivity contribution in [1.82, 2.24) is 4.98 Å². The van der Waals surface area contributed by atoms with E-state index in [9.17, 15) is 0 Å². The number of anilines is 1. The van der Waals surface area contributed by atoms with Gasteiger partial charge in [-0.05, 0) is 30.5 Å². The minimum absolute atomic E-state index is 0.429. The first kappa shape index (κ1) is 14.5. The summed E-state index contributed by atoms with van der Waals surface area (Å²) in [5.41, 5.74) is 11.0. The minimum atomic E-state index is 0.429. The van der Waals surface area contributed by atoms with Gasteiger partial charge in [0.25, 0.3) is 0 Å². The number of nitrogens with two attached hydrogens (primary N) is 1. The molecule has 5 heteroatoms. The van der Waals surface area contributed by atoms with E-state index in [1.165, 1.54) is 5.56 Å². The number of aromatic nitrogens is 1. The van der Waals surface area contributed by atoms with E-state index in [2.05, 4.69) is 41.3 Å². The Balaban J connectivity index is 2.02. The lowest BCUT2D eigenvalue weighted by Gasteiger charge is -2.09. The van der Waals surface area contributed by atoms with Crippen LogP contribution in [0.25, 0.3) is 0 Å². The highest BCUT2D eigenvalue weighted by atomic mass is 32.1. The normalized spacial score (nSPS) is 11.9. The van der Waals surface area contributed by atoms with Crippen LogP contribution in [0.15, 0.2) is 34.8 Å². The summed E-state index contributed by atoms with van der Waals surface area (Å²) in [5.74, 6) is 0.925.